The van der Waals surface area contributed by atoms with Gasteiger partial charge in [-0.1, -0.05) is 64.6 Å². The summed E-state index contributed by atoms with van der Waals surface area (Å²) in [5.74, 6) is -0.830. The molecular weight excluding hydrogens is 488 g/mol. The van der Waals surface area contributed by atoms with Gasteiger partial charge in [-0.2, -0.15) is 18.3 Å². The summed E-state index contributed by atoms with van der Waals surface area (Å²) in [5.41, 5.74) is -0.121. The summed E-state index contributed by atoms with van der Waals surface area (Å²) in [6.45, 7) is 1.86. The molecular formula is C21H12Cl3F3N4O. The molecule has 2 aromatic heterocycles. The summed E-state index contributed by atoms with van der Waals surface area (Å²) in [6, 6.07) is 12.0. The van der Waals surface area contributed by atoms with Crippen LogP contribution in [-0.2, 0) is 6.18 Å². The highest BCUT2D eigenvalue weighted by atomic mass is 35.5. The Labute approximate surface area is 194 Å². The van der Waals surface area contributed by atoms with E-state index >= 15 is 0 Å². The van der Waals surface area contributed by atoms with Crippen molar-refractivity contribution in [1.82, 2.24) is 14.6 Å². The lowest BCUT2D eigenvalue weighted by molar-refractivity contribution is -0.142. The van der Waals surface area contributed by atoms with Crippen LogP contribution in [0, 0.1) is 6.92 Å². The van der Waals surface area contributed by atoms with Crippen LogP contribution in [-0.4, -0.2) is 20.5 Å². The standard InChI is InChI=1S/C21H12Cl3F3N4O/c1-10-2-4-11(5-3-10)15-9-16(21(25,26)27)31-19(29-15)17(24)18(30-31)20(32)28-12-6-7-13(22)14(23)8-12/h2-9H,1H3,(H,28,32). The minimum absolute atomic E-state index is 0.0445. The van der Waals surface area contributed by atoms with Gasteiger partial charge in [-0.15, -0.1) is 0 Å². The third kappa shape index (κ3) is 4.26. The van der Waals surface area contributed by atoms with Crippen molar-refractivity contribution in [3.63, 3.8) is 0 Å². The lowest BCUT2D eigenvalue weighted by Crippen LogP contribution is -2.15. The van der Waals surface area contributed by atoms with Crippen LogP contribution in [0.15, 0.2) is 48.5 Å². The molecule has 0 aliphatic carbocycles. The molecule has 2 aromatic carbocycles. The van der Waals surface area contributed by atoms with Crippen LogP contribution >= 0.6 is 34.8 Å². The van der Waals surface area contributed by atoms with Crippen molar-refractivity contribution in [2.45, 2.75) is 13.1 Å². The summed E-state index contributed by atoms with van der Waals surface area (Å²) in [5, 5.41) is 6.43. The van der Waals surface area contributed by atoms with Crippen molar-refractivity contribution >= 4 is 52.0 Å². The summed E-state index contributed by atoms with van der Waals surface area (Å²) in [6.07, 6.45) is -4.77. The first-order chi connectivity index (χ1) is 15.0. The highest BCUT2D eigenvalue weighted by Crippen LogP contribution is 2.35. The number of hydrogen-bond acceptors (Lipinski definition) is 3. The minimum Gasteiger partial charge on any atom is -0.320 e. The average molecular weight is 500 g/mol. The Morgan fingerprint density at radius 3 is 2.31 bits per heavy atom. The van der Waals surface area contributed by atoms with E-state index in [0.717, 1.165) is 11.6 Å². The van der Waals surface area contributed by atoms with Crippen molar-refractivity contribution < 1.29 is 18.0 Å². The molecule has 1 N–H and O–H groups in total. The largest absolute Gasteiger partial charge is 0.433 e. The second kappa shape index (κ2) is 8.27. The Kier molecular flexibility index (Phi) is 5.79. The van der Waals surface area contributed by atoms with E-state index in [0.29, 0.717) is 10.1 Å². The molecule has 0 radical (unpaired) electrons. The number of halogens is 6. The van der Waals surface area contributed by atoms with E-state index in [-0.39, 0.29) is 32.1 Å². The maximum absolute atomic E-state index is 13.8. The molecule has 4 aromatic rings. The van der Waals surface area contributed by atoms with Crippen molar-refractivity contribution in [2.24, 2.45) is 0 Å². The maximum Gasteiger partial charge on any atom is 0.433 e. The zero-order chi connectivity index (χ0) is 23.2. The van der Waals surface area contributed by atoms with Gasteiger partial charge in [-0.3, -0.25) is 4.79 Å². The predicted octanol–water partition coefficient (Wildman–Crippen LogP) is 6.94. The molecule has 0 aliphatic heterocycles. The van der Waals surface area contributed by atoms with Gasteiger partial charge in [0.25, 0.3) is 5.91 Å². The molecule has 4 rings (SSSR count). The van der Waals surface area contributed by atoms with E-state index in [1.807, 2.05) is 6.92 Å². The number of alkyl halides is 3. The molecule has 164 valence electrons. The fourth-order valence-electron chi connectivity index (χ4n) is 2.97. The molecule has 0 aliphatic rings. The number of rotatable bonds is 3. The van der Waals surface area contributed by atoms with Gasteiger partial charge in [-0.05, 0) is 31.2 Å². The number of fused-ring (bicyclic) bond motifs is 1. The first-order valence-corrected chi connectivity index (χ1v) is 10.2. The number of nitrogens with zero attached hydrogens (tertiary/aromatic N) is 3. The summed E-state index contributed by atoms with van der Waals surface area (Å²) < 4.78 is 41.9. The number of hydrogen-bond donors (Lipinski definition) is 1. The van der Waals surface area contributed by atoms with Gasteiger partial charge in [0.15, 0.2) is 17.0 Å². The van der Waals surface area contributed by atoms with Crippen LogP contribution in [0.3, 0.4) is 0 Å². The van der Waals surface area contributed by atoms with Crippen LogP contribution in [0.25, 0.3) is 16.9 Å². The van der Waals surface area contributed by atoms with E-state index in [4.69, 9.17) is 34.8 Å². The summed E-state index contributed by atoms with van der Waals surface area (Å²) in [7, 11) is 0. The van der Waals surface area contributed by atoms with Crippen LogP contribution in [0.5, 0.6) is 0 Å². The Bertz CT molecular complexity index is 1350. The van der Waals surface area contributed by atoms with Gasteiger partial charge in [-0.25, -0.2) is 9.50 Å². The molecule has 0 bridgehead atoms. The number of benzene rings is 2. The fraction of sp³-hybridized carbons (Fsp3) is 0.0952. The lowest BCUT2D eigenvalue weighted by Gasteiger charge is -2.11. The lowest BCUT2D eigenvalue weighted by atomic mass is 10.1. The third-order valence-electron chi connectivity index (χ3n) is 4.56. The predicted molar refractivity (Wildman–Crippen MR) is 118 cm³/mol. The molecule has 0 unspecified atom stereocenters. The van der Waals surface area contributed by atoms with Crippen LogP contribution in [0.4, 0.5) is 18.9 Å². The second-order valence-corrected chi connectivity index (χ2v) is 8.06. The van der Waals surface area contributed by atoms with Gasteiger partial charge in [0.1, 0.15) is 5.02 Å². The van der Waals surface area contributed by atoms with E-state index < -0.39 is 23.5 Å². The number of amides is 1. The monoisotopic (exact) mass is 498 g/mol. The average Bonchev–Trinajstić information content (AvgIpc) is 3.06. The normalized spacial score (nSPS) is 11.7. The SMILES string of the molecule is Cc1ccc(-c2cc(C(F)(F)F)n3nc(C(=O)Nc4ccc(Cl)c(Cl)c4)c(Cl)c3n2)cc1. The van der Waals surface area contributed by atoms with Crippen molar-refractivity contribution in [3.8, 4) is 11.3 Å². The zero-order valence-electron chi connectivity index (χ0n) is 16.1. The van der Waals surface area contributed by atoms with Gasteiger partial charge in [0.2, 0.25) is 0 Å². The molecule has 11 heteroatoms. The second-order valence-electron chi connectivity index (χ2n) is 6.87. The van der Waals surface area contributed by atoms with Gasteiger partial charge in [0.05, 0.1) is 15.7 Å². The molecule has 0 fully saturated rings. The maximum atomic E-state index is 13.8. The first-order valence-electron chi connectivity index (χ1n) is 9.04. The molecule has 0 spiro atoms. The molecule has 32 heavy (non-hydrogen) atoms. The fourth-order valence-corrected chi connectivity index (χ4v) is 3.52. The highest BCUT2D eigenvalue weighted by Gasteiger charge is 2.36. The number of carbonyl (C=O) groups excluding carboxylic acids is 1. The number of nitrogens with one attached hydrogen (secondary N) is 1. The Morgan fingerprint density at radius 1 is 1.00 bits per heavy atom. The van der Waals surface area contributed by atoms with Crippen molar-refractivity contribution in [2.75, 3.05) is 5.32 Å². The minimum atomic E-state index is -4.77. The number of anilines is 1. The molecule has 1 amide bonds. The molecule has 5 nitrogen and oxygen atoms in total. The Balaban J connectivity index is 1.83. The summed E-state index contributed by atoms with van der Waals surface area (Å²) in [4.78, 5) is 16.9. The van der Waals surface area contributed by atoms with E-state index in [2.05, 4.69) is 15.4 Å². The molecule has 2 heterocycles. The van der Waals surface area contributed by atoms with Crippen molar-refractivity contribution in [1.29, 1.82) is 0 Å². The quantitative estimate of drug-likeness (QED) is 0.332. The van der Waals surface area contributed by atoms with E-state index in [1.54, 1.807) is 24.3 Å². The Hall–Kier alpha value is -2.81. The number of aryl methyl sites for hydroxylation is 1. The van der Waals surface area contributed by atoms with Gasteiger partial charge < -0.3 is 5.32 Å². The van der Waals surface area contributed by atoms with Gasteiger partial charge >= 0.3 is 6.18 Å². The highest BCUT2D eigenvalue weighted by molar-refractivity contribution is 6.42. The van der Waals surface area contributed by atoms with E-state index in [1.165, 1.54) is 18.2 Å². The number of carbonyl (C=O) groups is 1. The smallest absolute Gasteiger partial charge is 0.320 e. The van der Waals surface area contributed by atoms with Crippen molar-refractivity contribution in [3.05, 3.63) is 80.6 Å². The molecule has 0 saturated heterocycles. The Morgan fingerprint density at radius 2 is 1.69 bits per heavy atom. The van der Waals surface area contributed by atoms with Crippen LogP contribution in [0.1, 0.15) is 21.7 Å². The summed E-state index contributed by atoms with van der Waals surface area (Å²) >= 11 is 18.0. The molecule has 0 saturated carbocycles. The number of aromatic nitrogens is 3. The molecule has 0 atom stereocenters. The van der Waals surface area contributed by atoms with E-state index in [9.17, 15) is 18.0 Å². The topological polar surface area (TPSA) is 59.3 Å². The van der Waals surface area contributed by atoms with Crippen LogP contribution in [0.2, 0.25) is 15.1 Å². The first kappa shape index (κ1) is 22.4. The van der Waals surface area contributed by atoms with Gasteiger partial charge in [0, 0.05) is 11.3 Å². The third-order valence-corrected chi connectivity index (χ3v) is 5.65. The zero-order valence-corrected chi connectivity index (χ0v) is 18.4. The van der Waals surface area contributed by atoms with Crippen LogP contribution < -0.4 is 5.32 Å².